The molecule has 2 atom stereocenters. The molecule has 1 aliphatic heterocycles. The molecule has 0 spiro atoms. The highest BCUT2D eigenvalue weighted by atomic mass is 16.5. The van der Waals surface area contributed by atoms with Gasteiger partial charge >= 0.3 is 12.1 Å². The number of piperazine rings is 1. The predicted molar refractivity (Wildman–Crippen MR) is 81.8 cm³/mol. The topological polar surface area (TPSA) is 70.1 Å². The fourth-order valence-corrected chi connectivity index (χ4v) is 3.06. The van der Waals surface area contributed by atoms with Gasteiger partial charge in [0.25, 0.3) is 0 Å². The van der Waals surface area contributed by atoms with E-state index >= 15 is 0 Å². The highest BCUT2D eigenvalue weighted by Gasteiger charge is 2.32. The lowest BCUT2D eigenvalue weighted by molar-refractivity contribution is 0.0381. The summed E-state index contributed by atoms with van der Waals surface area (Å²) in [6.07, 6.45) is -0.859. The molecule has 2 rings (SSSR count). The number of hydrogen-bond acceptors (Lipinski definition) is 4. The van der Waals surface area contributed by atoms with E-state index in [-0.39, 0.29) is 18.1 Å². The second-order valence-electron chi connectivity index (χ2n) is 5.77. The highest BCUT2D eigenvalue weighted by Crippen LogP contribution is 2.18. The van der Waals surface area contributed by atoms with Crippen LogP contribution < -0.4 is 0 Å². The Balaban J connectivity index is 2.00. The lowest BCUT2D eigenvalue weighted by Gasteiger charge is -2.42. The summed E-state index contributed by atoms with van der Waals surface area (Å²) in [5.74, 6) is -0.344. The van der Waals surface area contributed by atoms with Gasteiger partial charge in [0.05, 0.1) is 12.7 Å². The van der Waals surface area contributed by atoms with E-state index in [0.29, 0.717) is 18.7 Å². The summed E-state index contributed by atoms with van der Waals surface area (Å²) < 4.78 is 4.68. The van der Waals surface area contributed by atoms with Gasteiger partial charge in [-0.1, -0.05) is 12.1 Å². The van der Waals surface area contributed by atoms with Crippen molar-refractivity contribution >= 4 is 12.1 Å². The third-order valence-corrected chi connectivity index (χ3v) is 4.00. The Morgan fingerprint density at radius 1 is 1.18 bits per heavy atom. The maximum Gasteiger partial charge on any atom is 0.407 e. The summed E-state index contributed by atoms with van der Waals surface area (Å²) >= 11 is 0. The van der Waals surface area contributed by atoms with Crippen LogP contribution in [-0.4, -0.2) is 59.3 Å². The zero-order valence-electron chi connectivity index (χ0n) is 13.2. The van der Waals surface area contributed by atoms with Gasteiger partial charge < -0.3 is 14.7 Å². The summed E-state index contributed by atoms with van der Waals surface area (Å²) in [5, 5.41) is 9.22. The van der Waals surface area contributed by atoms with Crippen LogP contribution in [-0.2, 0) is 11.3 Å². The molecule has 120 valence electrons. The third-order valence-electron chi connectivity index (χ3n) is 4.00. The summed E-state index contributed by atoms with van der Waals surface area (Å²) in [7, 11) is 1.36. The van der Waals surface area contributed by atoms with Crippen molar-refractivity contribution in [1.29, 1.82) is 0 Å². The Labute approximate surface area is 130 Å². The van der Waals surface area contributed by atoms with E-state index < -0.39 is 6.09 Å². The van der Waals surface area contributed by atoms with Gasteiger partial charge in [-0.2, -0.15) is 0 Å². The highest BCUT2D eigenvalue weighted by molar-refractivity contribution is 5.89. The summed E-state index contributed by atoms with van der Waals surface area (Å²) in [6.45, 7) is 6.00. The smallest absolute Gasteiger partial charge is 0.407 e. The van der Waals surface area contributed by atoms with Crippen LogP contribution in [0.3, 0.4) is 0 Å². The van der Waals surface area contributed by atoms with Crippen molar-refractivity contribution in [2.45, 2.75) is 32.5 Å². The number of nitrogens with zero attached hydrogens (tertiary/aromatic N) is 2. The Morgan fingerprint density at radius 3 is 2.18 bits per heavy atom. The maximum absolute atomic E-state index is 11.4. The zero-order chi connectivity index (χ0) is 16.3. The number of carbonyl (C=O) groups is 2. The lowest BCUT2D eigenvalue weighted by atomic mass is 10.1. The van der Waals surface area contributed by atoms with Gasteiger partial charge in [-0.05, 0) is 31.5 Å². The molecule has 0 unspecified atom stereocenters. The number of methoxy groups -OCH3 is 1. The average Bonchev–Trinajstić information content (AvgIpc) is 2.46. The molecule has 1 fully saturated rings. The Morgan fingerprint density at radius 2 is 1.73 bits per heavy atom. The number of hydrogen-bond donors (Lipinski definition) is 1. The monoisotopic (exact) mass is 306 g/mol. The van der Waals surface area contributed by atoms with Gasteiger partial charge in [-0.3, -0.25) is 4.90 Å². The van der Waals surface area contributed by atoms with E-state index in [9.17, 15) is 14.7 Å². The van der Waals surface area contributed by atoms with Gasteiger partial charge in [0.2, 0.25) is 0 Å². The molecule has 1 N–H and O–H groups in total. The number of ether oxygens (including phenoxy) is 1. The van der Waals surface area contributed by atoms with Crippen molar-refractivity contribution in [1.82, 2.24) is 9.80 Å². The SMILES string of the molecule is COC(=O)c1ccc(CN2C[C@@H](C)N(C(=O)O)[C@@H](C)C2)cc1. The van der Waals surface area contributed by atoms with Gasteiger partial charge in [-0.15, -0.1) is 0 Å². The Kier molecular flexibility index (Phi) is 5.03. The second kappa shape index (κ2) is 6.79. The van der Waals surface area contributed by atoms with E-state index in [1.807, 2.05) is 26.0 Å². The molecule has 0 saturated carbocycles. The van der Waals surface area contributed by atoms with E-state index in [2.05, 4.69) is 9.64 Å². The lowest BCUT2D eigenvalue weighted by Crippen LogP contribution is -2.57. The van der Waals surface area contributed by atoms with Gasteiger partial charge in [0.1, 0.15) is 0 Å². The first-order chi connectivity index (χ1) is 10.4. The average molecular weight is 306 g/mol. The van der Waals surface area contributed by atoms with E-state index in [1.165, 1.54) is 12.0 Å². The van der Waals surface area contributed by atoms with Crippen LogP contribution >= 0.6 is 0 Å². The van der Waals surface area contributed by atoms with Crippen LogP contribution in [0.25, 0.3) is 0 Å². The maximum atomic E-state index is 11.4. The van der Waals surface area contributed by atoms with Gasteiger partial charge in [0, 0.05) is 31.7 Å². The van der Waals surface area contributed by atoms with Crippen molar-refractivity contribution in [2.75, 3.05) is 20.2 Å². The van der Waals surface area contributed by atoms with Crippen molar-refractivity contribution in [2.24, 2.45) is 0 Å². The molecular weight excluding hydrogens is 284 g/mol. The third kappa shape index (κ3) is 3.57. The summed E-state index contributed by atoms with van der Waals surface area (Å²) in [6, 6.07) is 7.26. The van der Waals surface area contributed by atoms with Crippen LogP contribution in [0.2, 0.25) is 0 Å². The molecule has 0 bridgehead atoms. The van der Waals surface area contributed by atoms with Crippen molar-refractivity contribution in [3.05, 3.63) is 35.4 Å². The number of carbonyl (C=O) groups excluding carboxylic acids is 1. The first-order valence-corrected chi connectivity index (χ1v) is 7.33. The number of amides is 1. The molecule has 1 amide bonds. The number of rotatable bonds is 3. The van der Waals surface area contributed by atoms with Crippen molar-refractivity contribution in [3.8, 4) is 0 Å². The summed E-state index contributed by atoms with van der Waals surface area (Å²) in [4.78, 5) is 26.4. The van der Waals surface area contributed by atoms with E-state index in [4.69, 9.17) is 0 Å². The minimum Gasteiger partial charge on any atom is -0.465 e. The predicted octanol–water partition coefficient (Wildman–Crippen LogP) is 2.05. The molecule has 6 nitrogen and oxygen atoms in total. The Hall–Kier alpha value is -2.08. The zero-order valence-corrected chi connectivity index (χ0v) is 13.2. The van der Waals surface area contributed by atoms with Crippen LogP contribution in [0.5, 0.6) is 0 Å². The molecular formula is C16H22N2O4. The normalized spacial score (nSPS) is 22.4. The van der Waals surface area contributed by atoms with Gasteiger partial charge in [0.15, 0.2) is 0 Å². The molecule has 0 aliphatic carbocycles. The molecule has 22 heavy (non-hydrogen) atoms. The van der Waals surface area contributed by atoms with Gasteiger partial charge in [-0.25, -0.2) is 9.59 Å². The number of benzene rings is 1. The molecule has 6 heteroatoms. The molecule has 0 radical (unpaired) electrons. The first-order valence-electron chi connectivity index (χ1n) is 7.33. The molecule has 1 heterocycles. The second-order valence-corrected chi connectivity index (χ2v) is 5.77. The van der Waals surface area contributed by atoms with Crippen LogP contribution in [0.1, 0.15) is 29.8 Å². The van der Waals surface area contributed by atoms with E-state index in [1.54, 1.807) is 12.1 Å². The number of carboxylic acid groups (broad SMARTS) is 1. The number of esters is 1. The minimum atomic E-state index is -0.859. The molecule has 1 aliphatic rings. The largest absolute Gasteiger partial charge is 0.465 e. The standard InChI is InChI=1S/C16H22N2O4/c1-11-8-17(9-12(2)18(11)16(20)21)10-13-4-6-14(7-5-13)15(19)22-3/h4-7,11-12H,8-10H2,1-3H3,(H,20,21)/t11-,12+. The molecule has 1 saturated heterocycles. The van der Waals surface area contributed by atoms with E-state index in [0.717, 1.165) is 12.1 Å². The first kappa shape index (κ1) is 16.3. The van der Waals surface area contributed by atoms with Crippen LogP contribution in [0.15, 0.2) is 24.3 Å². The molecule has 0 aromatic heterocycles. The quantitative estimate of drug-likeness (QED) is 0.865. The van der Waals surface area contributed by atoms with Crippen molar-refractivity contribution in [3.63, 3.8) is 0 Å². The summed E-state index contributed by atoms with van der Waals surface area (Å²) in [5.41, 5.74) is 1.62. The van der Waals surface area contributed by atoms with Crippen LogP contribution in [0.4, 0.5) is 4.79 Å². The van der Waals surface area contributed by atoms with Crippen LogP contribution in [0, 0.1) is 0 Å². The fourth-order valence-electron chi connectivity index (χ4n) is 3.06. The van der Waals surface area contributed by atoms with Crippen molar-refractivity contribution < 1.29 is 19.4 Å². The Bertz CT molecular complexity index is 532. The molecule has 1 aromatic rings. The minimum absolute atomic E-state index is 0.0319. The fraction of sp³-hybridized carbons (Fsp3) is 0.500. The molecule has 1 aromatic carbocycles.